The topological polar surface area (TPSA) is 115 Å². The zero-order chi connectivity index (χ0) is 21.1. The van der Waals surface area contributed by atoms with E-state index in [1.54, 1.807) is 18.2 Å². The number of rotatable bonds is 5. The van der Waals surface area contributed by atoms with Crippen LogP contribution in [0.2, 0.25) is 5.02 Å². The number of aromatic nitrogens is 3. The lowest BCUT2D eigenvalue weighted by molar-refractivity contribution is -0.116. The van der Waals surface area contributed by atoms with Crippen molar-refractivity contribution in [2.75, 3.05) is 16.4 Å². The Morgan fingerprint density at radius 2 is 1.79 bits per heavy atom. The van der Waals surface area contributed by atoms with Crippen molar-refractivity contribution in [2.45, 2.75) is 27.3 Å². The number of halogens is 1. The second-order valence-corrected chi connectivity index (χ2v) is 7.20. The van der Waals surface area contributed by atoms with Crippen molar-refractivity contribution in [1.82, 2.24) is 15.0 Å². The maximum absolute atomic E-state index is 12.5. The minimum atomic E-state index is -0.533. The van der Waals surface area contributed by atoms with E-state index in [9.17, 15) is 9.59 Å². The van der Waals surface area contributed by atoms with Gasteiger partial charge in [-0.05, 0) is 50.1 Å². The fourth-order valence-electron chi connectivity index (χ4n) is 2.79. The standard InChI is InChI=1S/C20H21ClN6O2/c1-11-4-7-15(13(3)8-11)23-17(28)10-27-19(22)18(25-26-27)20(29)24-16-9-14(21)6-5-12(16)2/h4-9H,10,22H2,1-3H3,(H,23,28)(H,24,29). The molecule has 0 unspecified atom stereocenters. The monoisotopic (exact) mass is 412 g/mol. The molecule has 0 aliphatic carbocycles. The van der Waals surface area contributed by atoms with Crippen molar-refractivity contribution in [3.05, 3.63) is 63.8 Å². The van der Waals surface area contributed by atoms with Gasteiger partial charge in [-0.3, -0.25) is 9.59 Å². The number of aryl methyl sites for hydroxylation is 3. The van der Waals surface area contributed by atoms with Crippen molar-refractivity contribution < 1.29 is 9.59 Å². The minimum Gasteiger partial charge on any atom is -0.382 e. The van der Waals surface area contributed by atoms with Crippen LogP contribution in [0.1, 0.15) is 27.2 Å². The SMILES string of the molecule is Cc1ccc(NC(=O)Cn2nnc(C(=O)Nc3cc(Cl)ccc3C)c2N)c(C)c1. The van der Waals surface area contributed by atoms with E-state index in [1.807, 2.05) is 39.0 Å². The molecule has 29 heavy (non-hydrogen) atoms. The van der Waals surface area contributed by atoms with E-state index in [4.69, 9.17) is 17.3 Å². The molecule has 0 radical (unpaired) electrons. The molecule has 3 aromatic rings. The van der Waals surface area contributed by atoms with Crippen LogP contribution >= 0.6 is 11.6 Å². The van der Waals surface area contributed by atoms with Gasteiger partial charge < -0.3 is 16.4 Å². The van der Waals surface area contributed by atoms with Gasteiger partial charge >= 0.3 is 0 Å². The molecule has 0 bridgehead atoms. The summed E-state index contributed by atoms with van der Waals surface area (Å²) in [5, 5.41) is 13.7. The third kappa shape index (κ3) is 4.72. The lowest BCUT2D eigenvalue weighted by atomic mass is 10.1. The van der Waals surface area contributed by atoms with Crippen LogP contribution in [-0.2, 0) is 11.3 Å². The summed E-state index contributed by atoms with van der Waals surface area (Å²) in [6.07, 6.45) is 0. The number of nitrogens with two attached hydrogens (primary N) is 1. The summed E-state index contributed by atoms with van der Waals surface area (Å²) >= 11 is 5.97. The maximum Gasteiger partial charge on any atom is 0.280 e. The fraction of sp³-hybridized carbons (Fsp3) is 0.200. The van der Waals surface area contributed by atoms with Crippen molar-refractivity contribution in [3.8, 4) is 0 Å². The second-order valence-electron chi connectivity index (χ2n) is 6.76. The summed E-state index contributed by atoms with van der Waals surface area (Å²) in [6, 6.07) is 10.9. The molecular formula is C20H21ClN6O2. The smallest absolute Gasteiger partial charge is 0.280 e. The molecule has 4 N–H and O–H groups in total. The first kappa shape index (κ1) is 20.3. The number of nitrogen functional groups attached to an aromatic ring is 1. The van der Waals surface area contributed by atoms with Gasteiger partial charge in [-0.15, -0.1) is 5.10 Å². The molecule has 8 nitrogen and oxygen atoms in total. The van der Waals surface area contributed by atoms with Gasteiger partial charge in [0.25, 0.3) is 5.91 Å². The largest absolute Gasteiger partial charge is 0.382 e. The molecule has 0 aliphatic heterocycles. The third-order valence-electron chi connectivity index (χ3n) is 4.39. The summed E-state index contributed by atoms with van der Waals surface area (Å²) in [5.74, 6) is -0.863. The van der Waals surface area contributed by atoms with Crippen LogP contribution in [0.3, 0.4) is 0 Å². The van der Waals surface area contributed by atoms with Crippen molar-refractivity contribution in [1.29, 1.82) is 0 Å². The van der Waals surface area contributed by atoms with Crippen LogP contribution in [-0.4, -0.2) is 26.8 Å². The van der Waals surface area contributed by atoms with Crippen LogP contribution in [0.25, 0.3) is 0 Å². The molecule has 3 rings (SSSR count). The predicted molar refractivity (Wildman–Crippen MR) is 113 cm³/mol. The highest BCUT2D eigenvalue weighted by molar-refractivity contribution is 6.31. The van der Waals surface area contributed by atoms with Crippen LogP contribution in [0, 0.1) is 20.8 Å². The Morgan fingerprint density at radius 3 is 2.52 bits per heavy atom. The predicted octanol–water partition coefficient (Wildman–Crippen LogP) is 3.33. The lowest BCUT2D eigenvalue weighted by Crippen LogP contribution is -2.22. The van der Waals surface area contributed by atoms with E-state index >= 15 is 0 Å². The van der Waals surface area contributed by atoms with Crippen LogP contribution < -0.4 is 16.4 Å². The minimum absolute atomic E-state index is 0.00189. The fourth-order valence-corrected chi connectivity index (χ4v) is 2.96. The van der Waals surface area contributed by atoms with Crippen molar-refractivity contribution >= 4 is 40.6 Å². The van der Waals surface area contributed by atoms with Gasteiger partial charge in [0.05, 0.1) is 0 Å². The van der Waals surface area contributed by atoms with Gasteiger partial charge in [0, 0.05) is 16.4 Å². The number of hydrogen-bond acceptors (Lipinski definition) is 5. The van der Waals surface area contributed by atoms with Crippen molar-refractivity contribution in [2.24, 2.45) is 0 Å². The Bertz CT molecular complexity index is 1090. The first-order valence-corrected chi connectivity index (χ1v) is 9.26. The van der Waals surface area contributed by atoms with Crippen molar-refractivity contribution in [3.63, 3.8) is 0 Å². The molecule has 0 saturated carbocycles. The number of benzene rings is 2. The number of carbonyl (C=O) groups is 2. The Balaban J connectivity index is 1.70. The molecule has 9 heteroatoms. The first-order chi connectivity index (χ1) is 13.7. The highest BCUT2D eigenvalue weighted by atomic mass is 35.5. The molecule has 150 valence electrons. The average Bonchev–Trinajstić information content (AvgIpc) is 3.01. The van der Waals surface area contributed by atoms with Crippen LogP contribution in [0.15, 0.2) is 36.4 Å². The molecule has 0 fully saturated rings. The molecule has 0 aliphatic rings. The molecule has 2 amide bonds. The Kier molecular flexibility index (Phi) is 5.84. The molecule has 0 spiro atoms. The number of amides is 2. The van der Waals surface area contributed by atoms with E-state index < -0.39 is 5.91 Å². The zero-order valence-corrected chi connectivity index (χ0v) is 17.0. The number of carbonyl (C=O) groups excluding carboxylic acids is 2. The zero-order valence-electron chi connectivity index (χ0n) is 16.3. The molecule has 0 saturated heterocycles. The van der Waals surface area contributed by atoms with Crippen LogP contribution in [0.5, 0.6) is 0 Å². The Hall–Kier alpha value is -3.39. The normalized spacial score (nSPS) is 10.6. The highest BCUT2D eigenvalue weighted by Crippen LogP contribution is 2.21. The van der Waals surface area contributed by atoms with E-state index in [0.717, 1.165) is 16.7 Å². The average molecular weight is 413 g/mol. The van der Waals surface area contributed by atoms with Gasteiger partial charge in [0.15, 0.2) is 11.5 Å². The summed E-state index contributed by atoms with van der Waals surface area (Å²) in [7, 11) is 0. The number of hydrogen-bond donors (Lipinski definition) is 3. The molecule has 0 atom stereocenters. The van der Waals surface area contributed by atoms with E-state index in [-0.39, 0.29) is 24.0 Å². The number of nitrogens with one attached hydrogen (secondary N) is 2. The number of anilines is 3. The first-order valence-electron chi connectivity index (χ1n) is 8.88. The third-order valence-corrected chi connectivity index (χ3v) is 4.62. The molecule has 1 aromatic heterocycles. The lowest BCUT2D eigenvalue weighted by Gasteiger charge is -2.10. The summed E-state index contributed by atoms with van der Waals surface area (Å²) in [4.78, 5) is 24.9. The van der Waals surface area contributed by atoms with E-state index in [2.05, 4.69) is 20.9 Å². The van der Waals surface area contributed by atoms with Gasteiger partial charge in [-0.25, -0.2) is 4.68 Å². The molecule has 1 heterocycles. The Morgan fingerprint density at radius 1 is 1.03 bits per heavy atom. The quantitative estimate of drug-likeness (QED) is 0.594. The summed E-state index contributed by atoms with van der Waals surface area (Å²) < 4.78 is 1.18. The Labute approximate surface area is 173 Å². The molecule has 2 aromatic carbocycles. The maximum atomic E-state index is 12.5. The summed E-state index contributed by atoms with van der Waals surface area (Å²) in [6.45, 7) is 5.55. The van der Waals surface area contributed by atoms with E-state index in [1.165, 1.54) is 4.68 Å². The van der Waals surface area contributed by atoms with Gasteiger partial charge in [0.2, 0.25) is 5.91 Å². The van der Waals surface area contributed by atoms with Gasteiger partial charge in [0.1, 0.15) is 6.54 Å². The summed E-state index contributed by atoms with van der Waals surface area (Å²) in [5.41, 5.74) is 10.1. The molecular weight excluding hydrogens is 392 g/mol. The highest BCUT2D eigenvalue weighted by Gasteiger charge is 2.20. The second kappa shape index (κ2) is 8.32. The van der Waals surface area contributed by atoms with E-state index in [0.29, 0.717) is 16.4 Å². The van der Waals surface area contributed by atoms with Gasteiger partial charge in [-0.1, -0.05) is 40.6 Å². The number of nitrogens with zero attached hydrogens (tertiary/aromatic N) is 3. The van der Waals surface area contributed by atoms with Gasteiger partial charge in [-0.2, -0.15) is 0 Å². The van der Waals surface area contributed by atoms with Crippen LogP contribution in [0.4, 0.5) is 17.2 Å².